The fourth-order valence-electron chi connectivity index (χ4n) is 3.40. The second kappa shape index (κ2) is 8.37. The van der Waals surface area contributed by atoms with Gasteiger partial charge in [0.05, 0.1) is 0 Å². The molecule has 145 valence electrons. The number of hydrogen-bond donors (Lipinski definition) is 0. The van der Waals surface area contributed by atoms with Crippen molar-refractivity contribution in [3.05, 3.63) is 116 Å². The van der Waals surface area contributed by atoms with Crippen LogP contribution in [0.1, 0.15) is 0 Å². The van der Waals surface area contributed by atoms with E-state index in [0.29, 0.717) is 17.0 Å². The third kappa shape index (κ3) is 3.61. The van der Waals surface area contributed by atoms with E-state index in [1.54, 1.807) is 6.42 Å². The van der Waals surface area contributed by atoms with E-state index in [1.165, 1.54) is 15.5 Å². The van der Waals surface area contributed by atoms with Gasteiger partial charge in [0.1, 0.15) is 17.0 Å². The van der Waals surface area contributed by atoms with Gasteiger partial charge in [0.25, 0.3) is 0 Å². The summed E-state index contributed by atoms with van der Waals surface area (Å²) in [6.07, 6.45) is 5.70. The van der Waals surface area contributed by atoms with E-state index in [0.717, 1.165) is 5.66 Å². The highest BCUT2D eigenvalue weighted by atomic mass is 31.1. The van der Waals surface area contributed by atoms with Gasteiger partial charge in [-0.2, -0.15) is 0 Å². The summed E-state index contributed by atoms with van der Waals surface area (Å²) in [6, 6.07) is 27.9. The summed E-state index contributed by atoms with van der Waals surface area (Å²) in [7, 11) is -0.906. The summed E-state index contributed by atoms with van der Waals surface area (Å²) in [6.45, 7) is 0. The van der Waals surface area contributed by atoms with Crippen LogP contribution in [0.25, 0.3) is 11.0 Å². The molecule has 1 aliphatic rings. The maximum Gasteiger partial charge on any atom is 0.343 e. The van der Waals surface area contributed by atoms with Crippen molar-refractivity contribution in [2.45, 2.75) is 0 Å². The summed E-state index contributed by atoms with van der Waals surface area (Å²) >= 11 is 0. The van der Waals surface area contributed by atoms with Crippen LogP contribution in [0.4, 0.5) is 0 Å². The second-order valence-corrected chi connectivity index (χ2v) is 8.85. The van der Waals surface area contributed by atoms with Crippen molar-refractivity contribution in [2.24, 2.45) is 0 Å². The summed E-state index contributed by atoms with van der Waals surface area (Å²) in [5.41, 5.74) is 2.27. The van der Waals surface area contributed by atoms with Gasteiger partial charge in [-0.05, 0) is 55.1 Å². The molecular weight excluding hydrogens is 393 g/mol. The van der Waals surface area contributed by atoms with Gasteiger partial charge >= 0.3 is 5.97 Å². The normalized spacial score (nSPS) is 15.1. The molecule has 0 spiro atoms. The third-order valence-corrected chi connectivity index (χ3v) is 7.27. The van der Waals surface area contributed by atoms with Gasteiger partial charge in [-0.1, -0.05) is 77.6 Å². The number of fused-ring (bicyclic) bond motifs is 1. The zero-order chi connectivity index (χ0) is 20.3. The highest BCUT2D eigenvalue weighted by Crippen LogP contribution is 2.55. The molecule has 5 rings (SSSR count). The molecule has 0 unspecified atom stereocenters. The first-order valence-corrected chi connectivity index (χ1v) is 10.8. The van der Waals surface area contributed by atoms with Crippen LogP contribution in [0.3, 0.4) is 0 Å². The molecule has 0 bridgehead atoms. The molecule has 0 saturated heterocycles. The first-order chi connectivity index (χ1) is 14.8. The molecule has 1 heterocycles. The van der Waals surface area contributed by atoms with Gasteiger partial charge in [0.15, 0.2) is 0 Å². The quantitative estimate of drug-likeness (QED) is 0.374. The first kappa shape index (κ1) is 19.0. The first-order valence-electron chi connectivity index (χ1n) is 9.50. The minimum Gasteiger partial charge on any atom is -0.317 e. The zero-order valence-electron chi connectivity index (χ0n) is 15.9. The Labute approximate surface area is 176 Å². The van der Waals surface area contributed by atoms with Crippen LogP contribution >= 0.6 is 7.92 Å². The van der Waals surface area contributed by atoms with E-state index < -0.39 is 13.9 Å². The minimum atomic E-state index is -0.906. The number of para-hydroxylation sites is 1. The maximum absolute atomic E-state index is 13.1. The smallest absolute Gasteiger partial charge is 0.317 e. The topological polar surface area (TPSA) is 57.0 Å². The average molecular weight is 410 g/mol. The van der Waals surface area contributed by atoms with Crippen molar-refractivity contribution in [3.8, 4) is 0 Å². The molecule has 3 aromatic carbocycles. The van der Waals surface area contributed by atoms with Crippen molar-refractivity contribution in [2.75, 3.05) is 0 Å². The van der Waals surface area contributed by atoms with Crippen LogP contribution in [0.15, 0.2) is 84.9 Å². The zero-order valence-corrected chi connectivity index (χ0v) is 16.8. The molecule has 1 aliphatic carbocycles. The van der Waals surface area contributed by atoms with Gasteiger partial charge < -0.3 is 4.84 Å². The van der Waals surface area contributed by atoms with Crippen LogP contribution in [0.5, 0.6) is 0 Å². The lowest BCUT2D eigenvalue weighted by molar-refractivity contribution is -0.142. The highest BCUT2D eigenvalue weighted by molar-refractivity contribution is 7.76. The Morgan fingerprint density at radius 1 is 0.800 bits per heavy atom. The number of benzene rings is 3. The molecule has 4 aromatic rings. The lowest BCUT2D eigenvalue weighted by atomic mass is 10.1. The molecule has 5 radical (unpaired) electrons. The molecule has 5 nitrogen and oxygen atoms in total. The van der Waals surface area contributed by atoms with Crippen molar-refractivity contribution in [1.82, 2.24) is 15.2 Å². The Morgan fingerprint density at radius 3 is 2.13 bits per heavy atom. The Morgan fingerprint density at radius 2 is 1.43 bits per heavy atom. The number of aromatic nitrogens is 3. The molecule has 0 amide bonds. The molecule has 1 aromatic heterocycles. The number of carbonyl (C=O) groups is 1. The minimum absolute atomic E-state index is 0.454. The monoisotopic (exact) mass is 410 g/mol. The van der Waals surface area contributed by atoms with Crippen LogP contribution in [-0.4, -0.2) is 21.1 Å². The lowest BCUT2D eigenvalue weighted by Crippen LogP contribution is -2.30. The van der Waals surface area contributed by atoms with Crippen molar-refractivity contribution >= 4 is 35.5 Å². The number of hydrogen-bond acceptors (Lipinski definition) is 4. The molecule has 6 heteroatoms. The molecule has 0 N–H and O–H groups in total. The van der Waals surface area contributed by atoms with Gasteiger partial charge in [-0.3, -0.25) is 0 Å². The Balaban J connectivity index is 1.46. The Kier molecular flexibility index (Phi) is 5.29. The SMILES string of the molecule is O=C(On1nnc2ccccc21)[C]1[CH][CH][CH][C]1P(c1ccccc1)c1ccccc1. The largest absolute Gasteiger partial charge is 0.343 e. The van der Waals surface area contributed by atoms with Crippen LogP contribution < -0.4 is 15.4 Å². The van der Waals surface area contributed by atoms with Gasteiger partial charge in [-0.25, -0.2) is 4.79 Å². The summed E-state index contributed by atoms with van der Waals surface area (Å²) in [5.74, 6) is 0.0819. The molecule has 30 heavy (non-hydrogen) atoms. The fourth-order valence-corrected chi connectivity index (χ4v) is 5.84. The van der Waals surface area contributed by atoms with Crippen LogP contribution in [0, 0.1) is 30.8 Å². The van der Waals surface area contributed by atoms with E-state index in [2.05, 4.69) is 34.6 Å². The Hall–Kier alpha value is -3.04. The van der Waals surface area contributed by atoms with Crippen molar-refractivity contribution < 1.29 is 9.63 Å². The van der Waals surface area contributed by atoms with E-state index in [1.807, 2.05) is 73.5 Å². The summed E-state index contributed by atoms with van der Waals surface area (Å²) in [4.78, 5) is 19.9. The van der Waals surface area contributed by atoms with E-state index in [9.17, 15) is 4.79 Å². The van der Waals surface area contributed by atoms with E-state index in [4.69, 9.17) is 4.84 Å². The Bertz CT molecular complexity index is 1110. The predicted octanol–water partition coefficient (Wildman–Crippen LogP) is 3.25. The van der Waals surface area contributed by atoms with Crippen molar-refractivity contribution in [3.63, 3.8) is 0 Å². The van der Waals surface area contributed by atoms with Crippen LogP contribution in [0.2, 0.25) is 0 Å². The van der Waals surface area contributed by atoms with Gasteiger partial charge in [0, 0.05) is 5.66 Å². The average Bonchev–Trinajstić information content (AvgIpc) is 3.43. The third-order valence-electron chi connectivity index (χ3n) is 4.77. The van der Waals surface area contributed by atoms with E-state index >= 15 is 0 Å². The molecular formula is C24H17N3O2P. The predicted molar refractivity (Wildman–Crippen MR) is 118 cm³/mol. The standard InChI is InChI=1S/C24H17N3O2P/c28-24(29-27-22-16-8-7-15-21(22)25-26-27)20-14-9-17-23(20)30(18-10-3-1-4-11-18)19-12-5-2-6-13-19/h1-17H. The maximum atomic E-state index is 13.1. The summed E-state index contributed by atoms with van der Waals surface area (Å²) < 4.78 is 0. The summed E-state index contributed by atoms with van der Waals surface area (Å²) in [5, 5.41) is 10.4. The van der Waals surface area contributed by atoms with Crippen LogP contribution in [-0.2, 0) is 4.79 Å². The molecule has 1 saturated carbocycles. The van der Waals surface area contributed by atoms with Crippen molar-refractivity contribution in [1.29, 1.82) is 0 Å². The molecule has 1 fully saturated rings. The number of carbonyl (C=O) groups excluding carboxylic acids is 1. The molecule has 0 atom stereocenters. The number of rotatable bonds is 5. The lowest BCUT2D eigenvalue weighted by Gasteiger charge is -2.27. The fraction of sp³-hybridized carbons (Fsp3) is 0. The van der Waals surface area contributed by atoms with E-state index in [-0.39, 0.29) is 0 Å². The number of nitrogens with zero attached hydrogens (tertiary/aromatic N) is 3. The highest BCUT2D eigenvalue weighted by Gasteiger charge is 2.42. The van der Waals surface area contributed by atoms with Gasteiger partial charge in [-0.15, -0.1) is 5.10 Å². The molecule has 0 aliphatic heterocycles. The second-order valence-electron chi connectivity index (χ2n) is 6.66. The van der Waals surface area contributed by atoms with Gasteiger partial charge in [0.2, 0.25) is 0 Å².